The van der Waals surface area contributed by atoms with Gasteiger partial charge in [-0.05, 0) is 31.4 Å². The second-order valence-electron chi connectivity index (χ2n) is 5.18. The monoisotopic (exact) mass is 242 g/mol. The number of amides is 1. The molecular weight excluding hydrogens is 224 g/mol. The number of nitrogens with zero attached hydrogens (tertiary/aromatic N) is 2. The number of pyridine rings is 1. The molecule has 3 rings (SSSR count). The van der Waals surface area contributed by atoms with E-state index in [1.54, 1.807) is 0 Å². The SMILES string of the molecule is O=C(CC1=CCCC1)N1CC(c2ccccn2)C1. The average Bonchev–Trinajstić information content (AvgIpc) is 2.81. The van der Waals surface area contributed by atoms with Crippen LogP contribution in [0.3, 0.4) is 0 Å². The molecule has 3 nitrogen and oxygen atoms in total. The quantitative estimate of drug-likeness (QED) is 0.763. The van der Waals surface area contributed by atoms with Crippen molar-refractivity contribution in [2.45, 2.75) is 31.6 Å². The second-order valence-corrected chi connectivity index (χ2v) is 5.18. The van der Waals surface area contributed by atoms with Crippen LogP contribution in [-0.2, 0) is 4.79 Å². The maximum absolute atomic E-state index is 12.0. The fourth-order valence-electron chi connectivity index (χ4n) is 2.69. The van der Waals surface area contributed by atoms with E-state index in [1.807, 2.05) is 29.3 Å². The lowest BCUT2D eigenvalue weighted by Gasteiger charge is -2.39. The van der Waals surface area contributed by atoms with Crippen LogP contribution in [0.5, 0.6) is 0 Å². The molecule has 0 spiro atoms. The molecule has 1 saturated heterocycles. The van der Waals surface area contributed by atoms with E-state index in [4.69, 9.17) is 0 Å². The summed E-state index contributed by atoms with van der Waals surface area (Å²) in [5.74, 6) is 0.725. The summed E-state index contributed by atoms with van der Waals surface area (Å²) in [6.07, 6.45) is 8.17. The molecular formula is C15H18N2O. The number of hydrogen-bond donors (Lipinski definition) is 0. The van der Waals surface area contributed by atoms with E-state index < -0.39 is 0 Å². The van der Waals surface area contributed by atoms with Gasteiger partial charge in [0, 0.05) is 37.3 Å². The highest BCUT2D eigenvalue weighted by Crippen LogP contribution is 2.28. The third-order valence-corrected chi connectivity index (χ3v) is 3.85. The maximum Gasteiger partial charge on any atom is 0.226 e. The van der Waals surface area contributed by atoms with Gasteiger partial charge in [0.2, 0.25) is 5.91 Å². The zero-order chi connectivity index (χ0) is 12.4. The minimum atomic E-state index is 0.287. The van der Waals surface area contributed by atoms with Crippen molar-refractivity contribution in [1.82, 2.24) is 9.88 Å². The molecule has 0 radical (unpaired) electrons. The van der Waals surface area contributed by atoms with Crippen molar-refractivity contribution in [3.05, 3.63) is 41.7 Å². The van der Waals surface area contributed by atoms with Gasteiger partial charge in [-0.25, -0.2) is 0 Å². The Bertz CT molecular complexity index is 461. The van der Waals surface area contributed by atoms with E-state index in [9.17, 15) is 4.79 Å². The number of likely N-dealkylation sites (tertiary alicyclic amines) is 1. The molecule has 18 heavy (non-hydrogen) atoms. The Balaban J connectivity index is 1.51. The Hall–Kier alpha value is -1.64. The molecule has 1 fully saturated rings. The van der Waals surface area contributed by atoms with Crippen LogP contribution in [0.15, 0.2) is 36.0 Å². The first-order valence-corrected chi connectivity index (χ1v) is 6.69. The molecule has 0 atom stereocenters. The van der Waals surface area contributed by atoms with Crippen molar-refractivity contribution in [3.63, 3.8) is 0 Å². The van der Waals surface area contributed by atoms with Crippen LogP contribution in [0.2, 0.25) is 0 Å². The molecule has 0 saturated carbocycles. The Morgan fingerprint density at radius 1 is 1.39 bits per heavy atom. The van der Waals surface area contributed by atoms with Crippen molar-refractivity contribution in [1.29, 1.82) is 0 Å². The minimum absolute atomic E-state index is 0.287. The van der Waals surface area contributed by atoms with Gasteiger partial charge < -0.3 is 4.90 Å². The molecule has 1 amide bonds. The molecule has 0 aromatic carbocycles. The Morgan fingerprint density at radius 2 is 2.28 bits per heavy atom. The van der Waals surface area contributed by atoms with Gasteiger partial charge >= 0.3 is 0 Å². The van der Waals surface area contributed by atoms with Gasteiger partial charge in [0.1, 0.15) is 0 Å². The first-order chi connectivity index (χ1) is 8.83. The molecule has 2 aliphatic rings. The maximum atomic E-state index is 12.0. The van der Waals surface area contributed by atoms with Crippen molar-refractivity contribution in [3.8, 4) is 0 Å². The molecule has 1 aliphatic carbocycles. The van der Waals surface area contributed by atoms with Crippen LogP contribution in [0.25, 0.3) is 0 Å². The fraction of sp³-hybridized carbons (Fsp3) is 0.467. The van der Waals surface area contributed by atoms with E-state index in [2.05, 4.69) is 11.1 Å². The predicted octanol–water partition coefficient (Wildman–Crippen LogP) is 2.51. The lowest BCUT2D eigenvalue weighted by atomic mass is 9.95. The van der Waals surface area contributed by atoms with Crippen LogP contribution >= 0.6 is 0 Å². The first kappa shape index (κ1) is 11.5. The van der Waals surface area contributed by atoms with E-state index >= 15 is 0 Å². The average molecular weight is 242 g/mol. The minimum Gasteiger partial charge on any atom is -0.341 e. The summed E-state index contributed by atoms with van der Waals surface area (Å²) in [4.78, 5) is 18.3. The molecule has 94 valence electrons. The van der Waals surface area contributed by atoms with Crippen LogP contribution in [0.1, 0.15) is 37.3 Å². The Labute approximate surface area is 108 Å². The van der Waals surface area contributed by atoms with Gasteiger partial charge in [0.05, 0.1) is 0 Å². The molecule has 1 aliphatic heterocycles. The number of hydrogen-bond acceptors (Lipinski definition) is 2. The summed E-state index contributed by atoms with van der Waals surface area (Å²) in [5, 5.41) is 0. The van der Waals surface area contributed by atoms with Crippen LogP contribution in [0.4, 0.5) is 0 Å². The normalized spacial score (nSPS) is 19.6. The lowest BCUT2D eigenvalue weighted by molar-refractivity contribution is -0.134. The first-order valence-electron chi connectivity index (χ1n) is 6.69. The third-order valence-electron chi connectivity index (χ3n) is 3.85. The van der Waals surface area contributed by atoms with E-state index in [-0.39, 0.29) is 5.91 Å². The van der Waals surface area contributed by atoms with E-state index in [0.717, 1.165) is 31.6 Å². The molecule has 2 heterocycles. The molecule has 0 N–H and O–H groups in total. The van der Waals surface area contributed by atoms with Gasteiger partial charge in [-0.2, -0.15) is 0 Å². The zero-order valence-electron chi connectivity index (χ0n) is 10.5. The topological polar surface area (TPSA) is 33.2 Å². The molecule has 1 aromatic rings. The molecule has 3 heteroatoms. The van der Waals surface area contributed by atoms with Crippen molar-refractivity contribution in [2.24, 2.45) is 0 Å². The van der Waals surface area contributed by atoms with Gasteiger partial charge in [0.25, 0.3) is 0 Å². The van der Waals surface area contributed by atoms with Crippen LogP contribution < -0.4 is 0 Å². The molecule has 0 bridgehead atoms. The standard InChI is InChI=1S/C15H18N2O/c18-15(9-12-5-1-2-6-12)17-10-13(11-17)14-7-3-4-8-16-14/h3-5,7-8,13H,1-2,6,9-11H2. The Kier molecular flexibility index (Phi) is 3.13. The smallest absolute Gasteiger partial charge is 0.226 e. The molecule has 0 unspecified atom stereocenters. The van der Waals surface area contributed by atoms with Crippen LogP contribution in [-0.4, -0.2) is 28.9 Å². The summed E-state index contributed by atoms with van der Waals surface area (Å²) in [6.45, 7) is 1.67. The van der Waals surface area contributed by atoms with Gasteiger partial charge in [0.15, 0.2) is 0 Å². The largest absolute Gasteiger partial charge is 0.341 e. The van der Waals surface area contributed by atoms with Gasteiger partial charge in [-0.1, -0.05) is 17.7 Å². The lowest BCUT2D eigenvalue weighted by Crippen LogP contribution is -2.48. The highest BCUT2D eigenvalue weighted by atomic mass is 16.2. The summed E-state index contributed by atoms with van der Waals surface area (Å²) >= 11 is 0. The number of rotatable bonds is 3. The van der Waals surface area contributed by atoms with Gasteiger partial charge in [-0.3, -0.25) is 9.78 Å². The van der Waals surface area contributed by atoms with Crippen molar-refractivity contribution < 1.29 is 4.79 Å². The van der Waals surface area contributed by atoms with Crippen molar-refractivity contribution >= 4 is 5.91 Å². The predicted molar refractivity (Wildman–Crippen MR) is 70.1 cm³/mol. The third kappa shape index (κ3) is 2.30. The number of carbonyl (C=O) groups is 1. The van der Waals surface area contributed by atoms with E-state index in [1.165, 1.54) is 12.0 Å². The van der Waals surface area contributed by atoms with E-state index in [0.29, 0.717) is 12.3 Å². The molecule has 1 aromatic heterocycles. The second kappa shape index (κ2) is 4.92. The summed E-state index contributed by atoms with van der Waals surface area (Å²) in [5.41, 5.74) is 2.45. The summed E-state index contributed by atoms with van der Waals surface area (Å²) < 4.78 is 0. The summed E-state index contributed by atoms with van der Waals surface area (Å²) in [6, 6.07) is 5.99. The zero-order valence-corrected chi connectivity index (χ0v) is 10.5. The fourth-order valence-corrected chi connectivity index (χ4v) is 2.69. The number of aromatic nitrogens is 1. The number of allylic oxidation sites excluding steroid dienone is 1. The summed E-state index contributed by atoms with van der Waals surface area (Å²) in [7, 11) is 0. The van der Waals surface area contributed by atoms with Crippen molar-refractivity contribution in [2.75, 3.05) is 13.1 Å². The highest BCUT2D eigenvalue weighted by Gasteiger charge is 2.32. The van der Waals surface area contributed by atoms with Gasteiger partial charge in [-0.15, -0.1) is 0 Å². The highest BCUT2D eigenvalue weighted by molar-refractivity contribution is 5.79. The van der Waals surface area contributed by atoms with Crippen LogP contribution in [0, 0.1) is 0 Å². The Morgan fingerprint density at radius 3 is 2.94 bits per heavy atom. The number of carbonyl (C=O) groups excluding carboxylic acids is 1.